The average Bonchev–Trinajstić information content (AvgIpc) is 2.34. The number of hydrogen-bond acceptors (Lipinski definition) is 3. The normalized spacial score (nSPS) is 23.5. The highest BCUT2D eigenvalue weighted by Gasteiger charge is 2.22. The van der Waals surface area contributed by atoms with Gasteiger partial charge in [0.1, 0.15) is 0 Å². The zero-order valence-electron chi connectivity index (χ0n) is 8.29. The minimum absolute atomic E-state index is 0.502. The molecule has 2 nitrogen and oxygen atoms in total. The first-order chi connectivity index (χ1) is 5.59. The summed E-state index contributed by atoms with van der Waals surface area (Å²) in [5.74, 6) is 0.727. The van der Waals surface area contributed by atoms with Gasteiger partial charge < -0.3 is 5.32 Å². The highest BCUT2D eigenvalue weighted by molar-refractivity contribution is 8.14. The standard InChI is InChI=1S/C9H18N2S/c1-6(2)8-5-10-9(12-8)11-7(3)4/h6-8H,5H2,1-4H3,(H,10,11). The average molecular weight is 186 g/mol. The minimum atomic E-state index is 0.502. The molecule has 0 aromatic heterocycles. The fraction of sp³-hybridized carbons (Fsp3) is 0.889. The van der Waals surface area contributed by atoms with Gasteiger partial charge in [0, 0.05) is 11.3 Å². The first kappa shape index (κ1) is 9.90. The molecular formula is C9H18N2S. The van der Waals surface area contributed by atoms with Gasteiger partial charge in [-0.3, -0.25) is 4.99 Å². The fourth-order valence-electron chi connectivity index (χ4n) is 1.06. The van der Waals surface area contributed by atoms with Gasteiger partial charge in [0.15, 0.2) is 5.17 Å². The molecule has 1 aliphatic heterocycles. The van der Waals surface area contributed by atoms with Crippen molar-refractivity contribution in [1.82, 2.24) is 5.32 Å². The predicted octanol–water partition coefficient (Wildman–Crippen LogP) is 2.11. The summed E-state index contributed by atoms with van der Waals surface area (Å²) in [6.07, 6.45) is 0. The second-order valence-corrected chi connectivity index (χ2v) is 5.07. The first-order valence-corrected chi connectivity index (χ1v) is 5.45. The molecule has 0 aromatic rings. The highest BCUT2D eigenvalue weighted by Crippen LogP contribution is 2.25. The molecule has 1 atom stereocenters. The van der Waals surface area contributed by atoms with Gasteiger partial charge in [-0.2, -0.15) is 0 Å². The molecule has 1 rings (SSSR count). The maximum atomic E-state index is 4.45. The SMILES string of the molecule is CC(C)NC1=NCC(C(C)C)S1. The van der Waals surface area contributed by atoms with E-state index in [1.165, 1.54) is 0 Å². The monoisotopic (exact) mass is 186 g/mol. The van der Waals surface area contributed by atoms with Crippen molar-refractivity contribution in [3.63, 3.8) is 0 Å². The first-order valence-electron chi connectivity index (χ1n) is 4.57. The van der Waals surface area contributed by atoms with E-state index in [4.69, 9.17) is 0 Å². The molecule has 1 N–H and O–H groups in total. The lowest BCUT2D eigenvalue weighted by Gasteiger charge is -2.13. The quantitative estimate of drug-likeness (QED) is 0.714. The minimum Gasteiger partial charge on any atom is -0.363 e. The molecule has 0 amide bonds. The third-order valence-electron chi connectivity index (χ3n) is 1.83. The van der Waals surface area contributed by atoms with Gasteiger partial charge in [-0.15, -0.1) is 0 Å². The Morgan fingerprint density at radius 3 is 2.50 bits per heavy atom. The summed E-state index contributed by atoms with van der Waals surface area (Å²) in [5.41, 5.74) is 0. The van der Waals surface area contributed by atoms with Crippen LogP contribution in [0.2, 0.25) is 0 Å². The predicted molar refractivity (Wildman–Crippen MR) is 56.8 cm³/mol. The Morgan fingerprint density at radius 1 is 1.42 bits per heavy atom. The zero-order chi connectivity index (χ0) is 9.14. The van der Waals surface area contributed by atoms with E-state index in [0.717, 1.165) is 17.6 Å². The smallest absolute Gasteiger partial charge is 0.157 e. The van der Waals surface area contributed by atoms with E-state index in [1.54, 1.807) is 0 Å². The van der Waals surface area contributed by atoms with Gasteiger partial charge in [-0.05, 0) is 19.8 Å². The van der Waals surface area contributed by atoms with Crippen LogP contribution in [0.1, 0.15) is 27.7 Å². The van der Waals surface area contributed by atoms with Crippen LogP contribution in [-0.4, -0.2) is 23.0 Å². The molecular weight excluding hydrogens is 168 g/mol. The molecule has 0 aliphatic carbocycles. The van der Waals surface area contributed by atoms with Crippen LogP contribution in [0.4, 0.5) is 0 Å². The van der Waals surface area contributed by atoms with Crippen molar-refractivity contribution >= 4 is 16.9 Å². The summed E-state index contributed by atoms with van der Waals surface area (Å²) in [7, 11) is 0. The zero-order valence-corrected chi connectivity index (χ0v) is 9.11. The van der Waals surface area contributed by atoms with Crippen molar-refractivity contribution in [2.75, 3.05) is 6.54 Å². The van der Waals surface area contributed by atoms with Crippen LogP contribution < -0.4 is 5.32 Å². The molecule has 3 heteroatoms. The number of nitrogens with one attached hydrogen (secondary N) is 1. The van der Waals surface area contributed by atoms with E-state index in [2.05, 4.69) is 38.0 Å². The maximum absolute atomic E-state index is 4.45. The molecule has 0 saturated heterocycles. The molecule has 1 heterocycles. The van der Waals surface area contributed by atoms with Crippen LogP contribution in [0.15, 0.2) is 4.99 Å². The summed E-state index contributed by atoms with van der Waals surface area (Å²) < 4.78 is 0. The van der Waals surface area contributed by atoms with E-state index in [9.17, 15) is 0 Å². The number of amidine groups is 1. The van der Waals surface area contributed by atoms with Gasteiger partial charge in [0.2, 0.25) is 0 Å². The number of rotatable bonds is 2. The van der Waals surface area contributed by atoms with Crippen LogP contribution in [0.5, 0.6) is 0 Å². The Hall–Kier alpha value is -0.180. The third kappa shape index (κ3) is 2.70. The molecule has 0 fully saturated rings. The molecule has 12 heavy (non-hydrogen) atoms. The molecule has 0 radical (unpaired) electrons. The number of hydrogen-bond donors (Lipinski definition) is 1. The molecule has 0 saturated carbocycles. The number of thioether (sulfide) groups is 1. The summed E-state index contributed by atoms with van der Waals surface area (Å²) >= 11 is 1.89. The summed E-state index contributed by atoms with van der Waals surface area (Å²) in [6.45, 7) is 9.78. The summed E-state index contributed by atoms with van der Waals surface area (Å²) in [5, 5.41) is 5.15. The van der Waals surface area contributed by atoms with Crippen molar-refractivity contribution in [2.24, 2.45) is 10.9 Å². The van der Waals surface area contributed by atoms with Gasteiger partial charge in [0.05, 0.1) is 6.54 Å². The lowest BCUT2D eigenvalue weighted by molar-refractivity contribution is 0.621. The van der Waals surface area contributed by atoms with Crippen molar-refractivity contribution in [2.45, 2.75) is 39.0 Å². The Kier molecular flexibility index (Phi) is 3.44. The molecule has 70 valence electrons. The van der Waals surface area contributed by atoms with Crippen LogP contribution >= 0.6 is 11.8 Å². The van der Waals surface area contributed by atoms with Crippen molar-refractivity contribution in [3.8, 4) is 0 Å². The Bertz CT molecular complexity index is 175. The molecule has 0 bridgehead atoms. The van der Waals surface area contributed by atoms with Crippen molar-refractivity contribution < 1.29 is 0 Å². The van der Waals surface area contributed by atoms with E-state index < -0.39 is 0 Å². The van der Waals surface area contributed by atoms with E-state index in [1.807, 2.05) is 11.8 Å². The second kappa shape index (κ2) is 4.17. The molecule has 0 aromatic carbocycles. The number of aliphatic imine (C=N–C) groups is 1. The third-order valence-corrected chi connectivity index (χ3v) is 3.30. The van der Waals surface area contributed by atoms with Gasteiger partial charge in [-0.25, -0.2) is 0 Å². The maximum Gasteiger partial charge on any atom is 0.157 e. The highest BCUT2D eigenvalue weighted by atomic mass is 32.2. The van der Waals surface area contributed by atoms with Crippen LogP contribution in [0.3, 0.4) is 0 Å². The van der Waals surface area contributed by atoms with E-state index in [0.29, 0.717) is 11.3 Å². The van der Waals surface area contributed by atoms with E-state index >= 15 is 0 Å². The van der Waals surface area contributed by atoms with Crippen molar-refractivity contribution in [3.05, 3.63) is 0 Å². The van der Waals surface area contributed by atoms with Crippen LogP contribution in [0, 0.1) is 5.92 Å². The fourth-order valence-corrected chi connectivity index (χ4v) is 2.23. The van der Waals surface area contributed by atoms with Crippen LogP contribution in [-0.2, 0) is 0 Å². The lowest BCUT2D eigenvalue weighted by atomic mass is 10.1. The Morgan fingerprint density at radius 2 is 2.08 bits per heavy atom. The Labute approximate surface area is 79.2 Å². The number of nitrogens with zero attached hydrogens (tertiary/aromatic N) is 1. The summed E-state index contributed by atoms with van der Waals surface area (Å²) in [4.78, 5) is 4.45. The topological polar surface area (TPSA) is 24.4 Å². The Balaban J connectivity index is 2.33. The van der Waals surface area contributed by atoms with Gasteiger partial charge in [0.25, 0.3) is 0 Å². The van der Waals surface area contributed by atoms with Crippen molar-refractivity contribution in [1.29, 1.82) is 0 Å². The molecule has 0 spiro atoms. The van der Waals surface area contributed by atoms with Crippen LogP contribution in [0.25, 0.3) is 0 Å². The largest absolute Gasteiger partial charge is 0.363 e. The van der Waals surface area contributed by atoms with Gasteiger partial charge in [-0.1, -0.05) is 25.6 Å². The van der Waals surface area contributed by atoms with E-state index in [-0.39, 0.29) is 0 Å². The second-order valence-electron chi connectivity index (χ2n) is 3.85. The molecule has 1 aliphatic rings. The lowest BCUT2D eigenvalue weighted by Crippen LogP contribution is -2.27. The van der Waals surface area contributed by atoms with Gasteiger partial charge >= 0.3 is 0 Å². The molecule has 1 unspecified atom stereocenters. The summed E-state index contributed by atoms with van der Waals surface area (Å²) in [6, 6.07) is 0.502.